The summed E-state index contributed by atoms with van der Waals surface area (Å²) in [5, 5.41) is -0.376. The van der Waals surface area contributed by atoms with Crippen LogP contribution in [-0.4, -0.2) is 33.1 Å². The van der Waals surface area contributed by atoms with Crippen molar-refractivity contribution < 1.29 is 18.5 Å². The SMILES string of the molecule is CCC(Br)CCOP(=O)(O)OCC(Cl)C(C)Br. The van der Waals surface area contributed by atoms with E-state index in [-0.39, 0.29) is 28.2 Å². The Kier molecular flexibility index (Phi) is 10.0. The summed E-state index contributed by atoms with van der Waals surface area (Å²) in [6.45, 7) is 3.99. The molecule has 8 heteroatoms. The number of phosphoric acid groups is 1. The molecule has 0 spiro atoms. The standard InChI is InChI=1S/C9H18Br2ClO4P/c1-3-8(11)4-5-15-17(13,14)16-6-9(12)7(2)10/h7-9H,3-6H2,1-2H3,(H,13,14). The molecule has 0 amide bonds. The molecule has 0 aliphatic heterocycles. The zero-order valence-corrected chi connectivity index (χ0v) is 14.6. The van der Waals surface area contributed by atoms with E-state index in [2.05, 4.69) is 31.9 Å². The van der Waals surface area contributed by atoms with Gasteiger partial charge in [0.05, 0.1) is 18.6 Å². The molecule has 0 aliphatic carbocycles. The van der Waals surface area contributed by atoms with Crippen LogP contribution in [-0.2, 0) is 13.6 Å². The predicted octanol–water partition coefficient (Wildman–Crippen LogP) is 4.07. The van der Waals surface area contributed by atoms with Crippen molar-refractivity contribution in [3.05, 3.63) is 0 Å². The van der Waals surface area contributed by atoms with Gasteiger partial charge >= 0.3 is 7.82 Å². The van der Waals surface area contributed by atoms with Gasteiger partial charge in [-0.05, 0) is 12.8 Å². The van der Waals surface area contributed by atoms with E-state index in [9.17, 15) is 9.46 Å². The molecular weight excluding hydrogens is 398 g/mol. The number of phosphoric ester groups is 1. The van der Waals surface area contributed by atoms with E-state index >= 15 is 0 Å². The minimum Gasteiger partial charge on any atom is -0.302 e. The van der Waals surface area contributed by atoms with Crippen LogP contribution in [0.25, 0.3) is 0 Å². The van der Waals surface area contributed by atoms with Gasteiger partial charge in [0.2, 0.25) is 0 Å². The summed E-state index contributed by atoms with van der Waals surface area (Å²) in [5.41, 5.74) is 0. The lowest BCUT2D eigenvalue weighted by Gasteiger charge is -2.16. The highest BCUT2D eigenvalue weighted by Crippen LogP contribution is 2.44. The molecule has 0 aliphatic rings. The quantitative estimate of drug-likeness (QED) is 0.455. The van der Waals surface area contributed by atoms with E-state index < -0.39 is 7.82 Å². The van der Waals surface area contributed by atoms with Crippen LogP contribution in [0.15, 0.2) is 0 Å². The fourth-order valence-electron chi connectivity index (χ4n) is 0.835. The van der Waals surface area contributed by atoms with Crippen molar-refractivity contribution in [1.82, 2.24) is 0 Å². The van der Waals surface area contributed by atoms with Gasteiger partial charge in [0.15, 0.2) is 0 Å². The van der Waals surface area contributed by atoms with Gasteiger partial charge in [0.1, 0.15) is 0 Å². The fraction of sp³-hybridized carbons (Fsp3) is 1.00. The molecule has 0 saturated heterocycles. The normalized spacial score (nSPS) is 20.6. The summed E-state index contributed by atoms with van der Waals surface area (Å²) in [4.78, 5) is 9.63. The van der Waals surface area contributed by atoms with E-state index in [1.807, 2.05) is 13.8 Å². The first-order chi connectivity index (χ1) is 7.78. The molecule has 0 aromatic carbocycles. The van der Waals surface area contributed by atoms with Gasteiger partial charge < -0.3 is 4.89 Å². The molecule has 0 saturated carbocycles. The molecular formula is C9H18Br2ClO4P. The summed E-state index contributed by atoms with van der Waals surface area (Å²) in [6, 6.07) is 0. The molecule has 0 heterocycles. The summed E-state index contributed by atoms with van der Waals surface area (Å²) in [7, 11) is -3.98. The summed E-state index contributed by atoms with van der Waals surface area (Å²) in [6.07, 6.45) is 1.59. The molecule has 0 aromatic heterocycles. The first-order valence-electron chi connectivity index (χ1n) is 5.32. The lowest BCUT2D eigenvalue weighted by Crippen LogP contribution is -2.17. The maximum absolute atomic E-state index is 11.4. The van der Waals surface area contributed by atoms with Gasteiger partial charge in [-0.15, -0.1) is 11.6 Å². The predicted molar refractivity (Wildman–Crippen MR) is 77.4 cm³/mol. The zero-order valence-electron chi connectivity index (χ0n) is 9.81. The van der Waals surface area contributed by atoms with Crippen molar-refractivity contribution in [3.8, 4) is 0 Å². The minimum atomic E-state index is -3.98. The molecule has 0 bridgehead atoms. The number of hydrogen-bond acceptors (Lipinski definition) is 3. The molecule has 104 valence electrons. The van der Waals surface area contributed by atoms with Crippen molar-refractivity contribution in [2.75, 3.05) is 13.2 Å². The third-order valence-corrected chi connectivity index (χ3v) is 5.56. The highest BCUT2D eigenvalue weighted by molar-refractivity contribution is 9.09. The van der Waals surface area contributed by atoms with Crippen molar-refractivity contribution >= 4 is 51.3 Å². The minimum absolute atomic E-state index is 0.00354. The molecule has 1 N–H and O–H groups in total. The van der Waals surface area contributed by atoms with E-state index in [1.54, 1.807) is 0 Å². The Morgan fingerprint density at radius 3 is 2.47 bits per heavy atom. The first-order valence-corrected chi connectivity index (χ1v) is 9.09. The van der Waals surface area contributed by atoms with Crippen LogP contribution < -0.4 is 0 Å². The Morgan fingerprint density at radius 2 is 2.00 bits per heavy atom. The molecule has 0 rings (SSSR count). The lowest BCUT2D eigenvalue weighted by atomic mass is 10.3. The van der Waals surface area contributed by atoms with Crippen molar-refractivity contribution in [2.45, 2.75) is 41.7 Å². The van der Waals surface area contributed by atoms with E-state index in [0.29, 0.717) is 6.42 Å². The second-order valence-corrected chi connectivity index (χ2v) is 8.34. The van der Waals surface area contributed by atoms with Gasteiger partial charge in [-0.2, -0.15) is 0 Å². The average Bonchev–Trinajstić information content (AvgIpc) is 2.25. The Balaban J connectivity index is 3.84. The van der Waals surface area contributed by atoms with E-state index in [1.165, 1.54) is 0 Å². The van der Waals surface area contributed by atoms with Crippen LogP contribution in [0, 0.1) is 0 Å². The third kappa shape index (κ3) is 9.88. The largest absolute Gasteiger partial charge is 0.472 e. The van der Waals surface area contributed by atoms with Gasteiger partial charge in [0.25, 0.3) is 0 Å². The fourth-order valence-corrected chi connectivity index (χ4v) is 2.09. The van der Waals surface area contributed by atoms with Crippen LogP contribution >= 0.6 is 51.3 Å². The summed E-state index contributed by atoms with van der Waals surface area (Å²) in [5.74, 6) is 0. The second-order valence-electron chi connectivity index (χ2n) is 3.59. The van der Waals surface area contributed by atoms with Crippen LogP contribution in [0.1, 0.15) is 26.7 Å². The average molecular weight is 416 g/mol. The Bertz CT molecular complexity index is 255. The number of hydrogen-bond donors (Lipinski definition) is 1. The molecule has 0 fully saturated rings. The van der Waals surface area contributed by atoms with Crippen LogP contribution in [0.5, 0.6) is 0 Å². The second kappa shape index (κ2) is 9.29. The van der Waals surface area contributed by atoms with Gasteiger partial charge in [-0.1, -0.05) is 45.7 Å². The number of alkyl halides is 3. The maximum atomic E-state index is 11.4. The summed E-state index contributed by atoms with van der Waals surface area (Å²) < 4.78 is 21.0. The number of halogens is 3. The van der Waals surface area contributed by atoms with Crippen LogP contribution in [0.3, 0.4) is 0 Å². The first kappa shape index (κ1) is 18.4. The van der Waals surface area contributed by atoms with Gasteiger partial charge in [-0.3, -0.25) is 9.05 Å². The monoisotopic (exact) mass is 414 g/mol. The van der Waals surface area contributed by atoms with E-state index in [0.717, 1.165) is 6.42 Å². The number of rotatable bonds is 9. The van der Waals surface area contributed by atoms with Crippen LogP contribution in [0.2, 0.25) is 0 Å². The van der Waals surface area contributed by atoms with Gasteiger partial charge in [0, 0.05) is 9.65 Å². The highest BCUT2D eigenvalue weighted by atomic mass is 79.9. The highest BCUT2D eigenvalue weighted by Gasteiger charge is 2.24. The smallest absolute Gasteiger partial charge is 0.302 e. The molecule has 4 nitrogen and oxygen atoms in total. The topological polar surface area (TPSA) is 55.8 Å². The Labute approximate surface area is 124 Å². The van der Waals surface area contributed by atoms with Crippen molar-refractivity contribution in [1.29, 1.82) is 0 Å². The molecule has 4 atom stereocenters. The van der Waals surface area contributed by atoms with Crippen LogP contribution in [0.4, 0.5) is 0 Å². The Morgan fingerprint density at radius 1 is 1.41 bits per heavy atom. The lowest BCUT2D eigenvalue weighted by molar-refractivity contribution is 0.148. The van der Waals surface area contributed by atoms with Gasteiger partial charge in [-0.25, -0.2) is 4.57 Å². The van der Waals surface area contributed by atoms with Crippen molar-refractivity contribution in [2.24, 2.45) is 0 Å². The Hall–Kier alpha value is 1.36. The molecule has 4 unspecified atom stereocenters. The zero-order chi connectivity index (χ0) is 13.5. The maximum Gasteiger partial charge on any atom is 0.472 e. The van der Waals surface area contributed by atoms with E-state index in [4.69, 9.17) is 20.6 Å². The molecule has 17 heavy (non-hydrogen) atoms. The summed E-state index contributed by atoms with van der Waals surface area (Å²) >= 11 is 12.5. The van der Waals surface area contributed by atoms with Crippen molar-refractivity contribution in [3.63, 3.8) is 0 Å². The molecule has 0 radical (unpaired) electrons. The molecule has 0 aromatic rings. The third-order valence-electron chi connectivity index (χ3n) is 2.02.